The van der Waals surface area contributed by atoms with Crippen molar-refractivity contribution in [3.05, 3.63) is 39.7 Å². The molecule has 1 aromatic heterocycles. The van der Waals surface area contributed by atoms with Crippen molar-refractivity contribution >= 4 is 22.5 Å². The van der Waals surface area contributed by atoms with Crippen LogP contribution in [0.15, 0.2) is 23.0 Å². The molecule has 1 heterocycles. The quantitative estimate of drug-likeness (QED) is 0.788. The number of aromatic nitrogens is 1. The number of anilines is 1. The molecule has 0 atom stereocenters. The number of pyridine rings is 1. The van der Waals surface area contributed by atoms with Crippen LogP contribution in [0, 0.1) is 13.8 Å². The van der Waals surface area contributed by atoms with E-state index in [-0.39, 0.29) is 11.5 Å². The molecule has 0 bridgehead atoms. The third-order valence-electron chi connectivity index (χ3n) is 2.80. The maximum absolute atomic E-state index is 11.4. The Morgan fingerprint density at radius 2 is 2.00 bits per heavy atom. The van der Waals surface area contributed by atoms with Crippen molar-refractivity contribution in [3.8, 4) is 0 Å². The van der Waals surface area contributed by atoms with Crippen molar-refractivity contribution in [2.45, 2.75) is 20.8 Å². The minimum atomic E-state index is -0.127. The van der Waals surface area contributed by atoms with E-state index < -0.39 is 0 Å². The fraction of sp³-hybridized carbons (Fsp3) is 0.231. The summed E-state index contributed by atoms with van der Waals surface area (Å²) in [5, 5.41) is 3.74. The van der Waals surface area contributed by atoms with Gasteiger partial charge in [0.15, 0.2) is 0 Å². The lowest BCUT2D eigenvalue weighted by Gasteiger charge is -2.10. The van der Waals surface area contributed by atoms with Gasteiger partial charge in [-0.05, 0) is 31.0 Å². The number of carbonyl (C=O) groups excluding carboxylic acids is 1. The van der Waals surface area contributed by atoms with Crippen molar-refractivity contribution in [3.63, 3.8) is 0 Å². The highest BCUT2D eigenvalue weighted by Crippen LogP contribution is 2.24. The molecule has 2 aromatic rings. The van der Waals surface area contributed by atoms with Gasteiger partial charge in [0.25, 0.3) is 0 Å². The number of hydrogen-bond donors (Lipinski definition) is 2. The van der Waals surface area contributed by atoms with Gasteiger partial charge in [0, 0.05) is 24.1 Å². The first-order chi connectivity index (χ1) is 7.99. The average molecular weight is 230 g/mol. The molecular formula is C13H14N2O2. The summed E-state index contributed by atoms with van der Waals surface area (Å²) in [5.74, 6) is -0.123. The molecule has 2 rings (SSSR count). The standard InChI is InChI=1S/C13H14N2O2/c1-7-6-12(17)15-13-8(2)11(14-9(3)16)5-4-10(7)13/h4-6H,1-3H3,(H,14,16)(H,15,17). The number of aromatic amines is 1. The van der Waals surface area contributed by atoms with Crippen molar-refractivity contribution < 1.29 is 4.79 Å². The first kappa shape index (κ1) is 11.4. The molecule has 0 aliphatic rings. The van der Waals surface area contributed by atoms with E-state index in [0.29, 0.717) is 0 Å². The summed E-state index contributed by atoms with van der Waals surface area (Å²) in [6.45, 7) is 5.24. The van der Waals surface area contributed by atoms with E-state index in [1.807, 2.05) is 26.0 Å². The number of fused-ring (bicyclic) bond motifs is 1. The summed E-state index contributed by atoms with van der Waals surface area (Å²) in [4.78, 5) is 25.3. The van der Waals surface area contributed by atoms with Gasteiger partial charge in [0.1, 0.15) is 0 Å². The molecule has 0 aliphatic heterocycles. The van der Waals surface area contributed by atoms with Crippen LogP contribution < -0.4 is 10.9 Å². The summed E-state index contributed by atoms with van der Waals surface area (Å²) in [6.07, 6.45) is 0. The van der Waals surface area contributed by atoms with Crippen LogP contribution in [0.5, 0.6) is 0 Å². The maximum atomic E-state index is 11.4. The van der Waals surface area contributed by atoms with E-state index >= 15 is 0 Å². The highest BCUT2D eigenvalue weighted by Gasteiger charge is 2.07. The highest BCUT2D eigenvalue weighted by atomic mass is 16.1. The highest BCUT2D eigenvalue weighted by molar-refractivity contribution is 5.95. The number of carbonyl (C=O) groups is 1. The summed E-state index contributed by atoms with van der Waals surface area (Å²) >= 11 is 0. The van der Waals surface area contributed by atoms with Crippen molar-refractivity contribution in [1.82, 2.24) is 4.98 Å². The van der Waals surface area contributed by atoms with Crippen LogP contribution in [-0.2, 0) is 4.79 Å². The minimum Gasteiger partial charge on any atom is -0.326 e. The molecule has 0 spiro atoms. The van der Waals surface area contributed by atoms with Gasteiger partial charge in [-0.1, -0.05) is 6.07 Å². The smallest absolute Gasteiger partial charge is 0.248 e. The predicted molar refractivity (Wildman–Crippen MR) is 68.3 cm³/mol. The van der Waals surface area contributed by atoms with Gasteiger partial charge in [0.05, 0.1) is 5.52 Å². The van der Waals surface area contributed by atoms with Crippen molar-refractivity contribution in [2.24, 2.45) is 0 Å². The lowest BCUT2D eigenvalue weighted by atomic mass is 10.1. The Morgan fingerprint density at radius 3 is 2.65 bits per heavy atom. The summed E-state index contributed by atoms with van der Waals surface area (Å²) in [6, 6.07) is 5.32. The van der Waals surface area contributed by atoms with E-state index in [1.54, 1.807) is 6.07 Å². The molecule has 0 saturated heterocycles. The number of aryl methyl sites for hydroxylation is 2. The molecular weight excluding hydrogens is 216 g/mol. The monoisotopic (exact) mass is 230 g/mol. The van der Waals surface area contributed by atoms with Gasteiger partial charge in [-0.15, -0.1) is 0 Å². The van der Waals surface area contributed by atoms with Crippen LogP contribution in [0.4, 0.5) is 5.69 Å². The van der Waals surface area contributed by atoms with Crippen LogP contribution in [0.3, 0.4) is 0 Å². The number of nitrogens with one attached hydrogen (secondary N) is 2. The van der Waals surface area contributed by atoms with E-state index in [1.165, 1.54) is 6.92 Å². The fourth-order valence-corrected chi connectivity index (χ4v) is 1.96. The molecule has 1 amide bonds. The Bertz CT molecular complexity index is 656. The Labute approximate surface area is 98.7 Å². The third kappa shape index (κ3) is 2.06. The molecule has 0 fully saturated rings. The van der Waals surface area contributed by atoms with Crippen LogP contribution >= 0.6 is 0 Å². The molecule has 0 unspecified atom stereocenters. The van der Waals surface area contributed by atoms with E-state index in [0.717, 1.165) is 27.7 Å². The Hall–Kier alpha value is -2.10. The Balaban J connectivity index is 2.75. The molecule has 88 valence electrons. The molecule has 17 heavy (non-hydrogen) atoms. The second kappa shape index (κ2) is 4.05. The summed E-state index contributed by atoms with van der Waals surface area (Å²) in [5.41, 5.74) is 3.19. The number of rotatable bonds is 1. The van der Waals surface area contributed by atoms with Crippen LogP contribution in [0.25, 0.3) is 10.9 Å². The zero-order valence-corrected chi connectivity index (χ0v) is 10.0. The normalized spacial score (nSPS) is 10.5. The molecule has 0 radical (unpaired) electrons. The number of benzene rings is 1. The van der Waals surface area contributed by atoms with Gasteiger partial charge >= 0.3 is 0 Å². The largest absolute Gasteiger partial charge is 0.326 e. The molecule has 2 N–H and O–H groups in total. The Kier molecular flexibility index (Phi) is 2.71. The van der Waals surface area contributed by atoms with Gasteiger partial charge in [0.2, 0.25) is 11.5 Å². The minimum absolute atomic E-state index is 0.123. The maximum Gasteiger partial charge on any atom is 0.248 e. The third-order valence-corrected chi connectivity index (χ3v) is 2.80. The van der Waals surface area contributed by atoms with Crippen LogP contribution in [0.2, 0.25) is 0 Å². The molecule has 0 saturated carbocycles. The van der Waals surface area contributed by atoms with E-state index in [9.17, 15) is 9.59 Å². The van der Waals surface area contributed by atoms with Crippen LogP contribution in [0.1, 0.15) is 18.1 Å². The number of hydrogen-bond acceptors (Lipinski definition) is 2. The zero-order valence-electron chi connectivity index (χ0n) is 10.0. The molecule has 4 nitrogen and oxygen atoms in total. The SMILES string of the molecule is CC(=O)Nc1ccc2c(C)cc(=O)[nH]c2c1C. The lowest BCUT2D eigenvalue weighted by molar-refractivity contribution is -0.114. The second-order valence-electron chi connectivity index (χ2n) is 4.16. The molecule has 4 heteroatoms. The Morgan fingerprint density at radius 1 is 1.29 bits per heavy atom. The topological polar surface area (TPSA) is 62.0 Å². The summed E-state index contributed by atoms with van der Waals surface area (Å²) in [7, 11) is 0. The van der Waals surface area contributed by atoms with Gasteiger partial charge in [-0.2, -0.15) is 0 Å². The van der Waals surface area contributed by atoms with Gasteiger partial charge < -0.3 is 10.3 Å². The van der Waals surface area contributed by atoms with E-state index in [2.05, 4.69) is 10.3 Å². The van der Waals surface area contributed by atoms with Gasteiger partial charge in [-0.3, -0.25) is 9.59 Å². The first-order valence-electron chi connectivity index (χ1n) is 5.40. The lowest BCUT2D eigenvalue weighted by Crippen LogP contribution is -2.10. The van der Waals surface area contributed by atoms with Crippen molar-refractivity contribution in [2.75, 3.05) is 5.32 Å². The first-order valence-corrected chi connectivity index (χ1v) is 5.40. The van der Waals surface area contributed by atoms with Crippen molar-refractivity contribution in [1.29, 1.82) is 0 Å². The fourth-order valence-electron chi connectivity index (χ4n) is 1.96. The van der Waals surface area contributed by atoms with Gasteiger partial charge in [-0.25, -0.2) is 0 Å². The summed E-state index contributed by atoms with van der Waals surface area (Å²) < 4.78 is 0. The van der Waals surface area contributed by atoms with Crippen LogP contribution in [-0.4, -0.2) is 10.9 Å². The zero-order chi connectivity index (χ0) is 12.6. The molecule has 1 aromatic carbocycles. The predicted octanol–water partition coefficient (Wildman–Crippen LogP) is 2.10. The second-order valence-corrected chi connectivity index (χ2v) is 4.16. The molecule has 0 aliphatic carbocycles. The number of amides is 1. The van der Waals surface area contributed by atoms with E-state index in [4.69, 9.17) is 0 Å². The average Bonchev–Trinajstić information content (AvgIpc) is 2.22. The number of H-pyrrole nitrogens is 1.